The van der Waals surface area contributed by atoms with Crippen LogP contribution in [-0.4, -0.2) is 38.8 Å². The van der Waals surface area contributed by atoms with Crippen LogP contribution in [0.3, 0.4) is 0 Å². The van der Waals surface area contributed by atoms with Crippen molar-refractivity contribution in [2.45, 2.75) is 6.10 Å². The van der Waals surface area contributed by atoms with Crippen LogP contribution in [0.4, 0.5) is 0 Å². The quantitative estimate of drug-likeness (QED) is 0.819. The maximum atomic E-state index is 5.48. The van der Waals surface area contributed by atoms with Gasteiger partial charge in [-0.05, 0) is 43.0 Å². The van der Waals surface area contributed by atoms with E-state index in [-0.39, 0.29) is 6.10 Å². The molecule has 2 nitrogen and oxygen atoms in total. The molecule has 1 aliphatic carbocycles. The Morgan fingerprint density at radius 1 is 1.26 bits per heavy atom. The highest BCUT2D eigenvalue weighted by Gasteiger charge is 2.14. The van der Waals surface area contributed by atoms with Gasteiger partial charge in [-0.1, -0.05) is 42.5 Å². The molecule has 0 N–H and O–H groups in total. The van der Waals surface area contributed by atoms with Gasteiger partial charge >= 0.3 is 0 Å². The number of ether oxygens (including phenoxy) is 1. The molecule has 0 saturated carbocycles. The average Bonchev–Trinajstić information content (AvgIpc) is 2.39. The summed E-state index contributed by atoms with van der Waals surface area (Å²) in [6.45, 7) is 0.888. The molecule has 0 heterocycles. The lowest BCUT2D eigenvalue weighted by Crippen LogP contribution is -2.19. The molecule has 99 valence electrons. The number of benzene rings is 1. The van der Waals surface area contributed by atoms with Crippen molar-refractivity contribution in [1.29, 1.82) is 0 Å². The summed E-state index contributed by atoms with van der Waals surface area (Å²) in [5.41, 5.74) is 3.43. The minimum absolute atomic E-state index is 0.00822. The van der Waals surface area contributed by atoms with E-state index in [2.05, 4.69) is 55.4 Å². The van der Waals surface area contributed by atoms with Gasteiger partial charge in [-0.2, -0.15) is 0 Å². The summed E-state index contributed by atoms with van der Waals surface area (Å²) in [6, 6.07) is 10.3. The second-order valence-corrected chi connectivity index (χ2v) is 4.91. The molecule has 0 saturated heterocycles. The summed E-state index contributed by atoms with van der Waals surface area (Å²) in [6.07, 6.45) is 9.76. The van der Waals surface area contributed by atoms with E-state index >= 15 is 0 Å². The smallest absolute Gasteiger partial charge is 0.101 e. The van der Waals surface area contributed by atoms with E-state index in [1.54, 1.807) is 7.11 Å². The molecule has 2 heteroatoms. The molecule has 0 amide bonds. The largest absolute Gasteiger partial charge is 0.373 e. The van der Waals surface area contributed by atoms with Crippen molar-refractivity contribution < 1.29 is 4.74 Å². The molecule has 19 heavy (non-hydrogen) atoms. The Bertz CT molecular complexity index is 497. The third kappa shape index (κ3) is 3.91. The summed E-state index contributed by atoms with van der Waals surface area (Å²) in [7, 11) is 5.85. The van der Waals surface area contributed by atoms with Crippen LogP contribution < -0.4 is 0 Å². The van der Waals surface area contributed by atoms with Gasteiger partial charge in [0.2, 0.25) is 0 Å². The van der Waals surface area contributed by atoms with Crippen LogP contribution >= 0.6 is 0 Å². The van der Waals surface area contributed by atoms with Gasteiger partial charge in [0.1, 0.15) is 6.10 Å². The standard InChI is InChI=1S/C17H20NO/c1-18(2)13-15-9-10-17(19-3)16(12-15)11-14-7-5-4-6-8-14/h4-11,17H,13H2,1-3H3. The first-order chi connectivity index (χ1) is 9.19. The molecule has 0 spiro atoms. The third-order valence-electron chi connectivity index (χ3n) is 2.95. The predicted molar refractivity (Wildman–Crippen MR) is 79.7 cm³/mol. The Labute approximate surface area is 115 Å². The third-order valence-corrected chi connectivity index (χ3v) is 2.95. The number of likely N-dealkylation sites (N-methyl/N-ethyl adjacent to an activating group) is 1. The van der Waals surface area contributed by atoms with Gasteiger partial charge in [0, 0.05) is 13.7 Å². The monoisotopic (exact) mass is 254 g/mol. The first-order valence-corrected chi connectivity index (χ1v) is 6.44. The highest BCUT2D eigenvalue weighted by molar-refractivity contribution is 5.58. The lowest BCUT2D eigenvalue weighted by atomic mass is 9.97. The van der Waals surface area contributed by atoms with E-state index in [0.29, 0.717) is 0 Å². The molecule has 1 unspecified atom stereocenters. The summed E-state index contributed by atoms with van der Waals surface area (Å²) >= 11 is 0. The van der Waals surface area contributed by atoms with Gasteiger partial charge in [-0.3, -0.25) is 0 Å². The first-order valence-electron chi connectivity index (χ1n) is 6.44. The fourth-order valence-electron chi connectivity index (χ4n) is 2.09. The van der Waals surface area contributed by atoms with Gasteiger partial charge in [0.15, 0.2) is 0 Å². The van der Waals surface area contributed by atoms with Crippen LogP contribution in [0.5, 0.6) is 0 Å². The van der Waals surface area contributed by atoms with Crippen LogP contribution in [-0.2, 0) is 4.74 Å². The lowest BCUT2D eigenvalue weighted by molar-refractivity contribution is 0.170. The van der Waals surface area contributed by atoms with Crippen molar-refractivity contribution in [2.75, 3.05) is 27.7 Å². The van der Waals surface area contributed by atoms with E-state index in [9.17, 15) is 0 Å². The molecule has 1 atom stereocenters. The fraction of sp³-hybridized carbons (Fsp3) is 0.294. The zero-order valence-corrected chi connectivity index (χ0v) is 11.8. The van der Waals surface area contributed by atoms with Gasteiger partial charge in [-0.15, -0.1) is 0 Å². The molecule has 2 rings (SSSR count). The normalized spacial score (nSPS) is 20.9. The van der Waals surface area contributed by atoms with Crippen molar-refractivity contribution in [3.05, 3.63) is 65.3 Å². The highest BCUT2D eigenvalue weighted by atomic mass is 16.5. The summed E-state index contributed by atoms with van der Waals surface area (Å²) in [5.74, 6) is 0. The second-order valence-electron chi connectivity index (χ2n) is 4.91. The average molecular weight is 254 g/mol. The van der Waals surface area contributed by atoms with E-state index in [1.807, 2.05) is 18.2 Å². The Morgan fingerprint density at radius 2 is 2.00 bits per heavy atom. The zero-order valence-electron chi connectivity index (χ0n) is 11.8. The number of rotatable bonds is 4. The van der Waals surface area contributed by atoms with Crippen molar-refractivity contribution in [2.24, 2.45) is 0 Å². The summed E-state index contributed by atoms with van der Waals surface area (Å²) < 4.78 is 5.48. The molecule has 0 aromatic heterocycles. The molecule has 1 aromatic carbocycles. The number of nitrogens with zero attached hydrogens (tertiary/aromatic N) is 1. The Kier molecular flexibility index (Phi) is 4.72. The summed E-state index contributed by atoms with van der Waals surface area (Å²) in [5, 5.41) is 0. The SMILES string of the molecule is COC1C=CC(CN(C)C)=[C]C1=Cc1ccccc1. The predicted octanol–water partition coefficient (Wildman–Crippen LogP) is 2.95. The van der Waals surface area contributed by atoms with E-state index < -0.39 is 0 Å². The number of methoxy groups -OCH3 is 1. The topological polar surface area (TPSA) is 12.5 Å². The van der Waals surface area contributed by atoms with Crippen LogP contribution in [0.15, 0.2) is 53.6 Å². The molecular formula is C17H20NO. The maximum absolute atomic E-state index is 5.48. The van der Waals surface area contributed by atoms with Crippen LogP contribution in [0, 0.1) is 6.08 Å². The molecule has 0 aliphatic heterocycles. The highest BCUT2D eigenvalue weighted by Crippen LogP contribution is 2.21. The van der Waals surface area contributed by atoms with Gasteiger partial charge < -0.3 is 9.64 Å². The molecule has 1 aliphatic rings. The van der Waals surface area contributed by atoms with E-state index in [0.717, 1.165) is 12.1 Å². The minimum Gasteiger partial charge on any atom is -0.373 e. The van der Waals surface area contributed by atoms with Crippen LogP contribution in [0.1, 0.15) is 5.56 Å². The Balaban J connectivity index is 2.26. The van der Waals surface area contributed by atoms with Crippen molar-refractivity contribution in [1.82, 2.24) is 4.90 Å². The van der Waals surface area contributed by atoms with Gasteiger partial charge in [-0.25, -0.2) is 0 Å². The van der Waals surface area contributed by atoms with Gasteiger partial charge in [0.05, 0.1) is 0 Å². The molecule has 0 bridgehead atoms. The number of hydrogen-bond donors (Lipinski definition) is 0. The van der Waals surface area contributed by atoms with Crippen LogP contribution in [0.2, 0.25) is 0 Å². The van der Waals surface area contributed by atoms with E-state index in [4.69, 9.17) is 4.74 Å². The first kappa shape index (κ1) is 13.8. The van der Waals surface area contributed by atoms with Gasteiger partial charge in [0.25, 0.3) is 0 Å². The molecule has 1 radical (unpaired) electrons. The zero-order chi connectivity index (χ0) is 13.7. The molecule has 0 fully saturated rings. The second kappa shape index (κ2) is 6.50. The minimum atomic E-state index is -0.00822. The molecular weight excluding hydrogens is 234 g/mol. The fourth-order valence-corrected chi connectivity index (χ4v) is 2.09. The van der Waals surface area contributed by atoms with Crippen molar-refractivity contribution in [3.63, 3.8) is 0 Å². The maximum Gasteiger partial charge on any atom is 0.101 e. The Morgan fingerprint density at radius 3 is 2.63 bits per heavy atom. The number of hydrogen-bond acceptors (Lipinski definition) is 2. The summed E-state index contributed by atoms with van der Waals surface area (Å²) in [4.78, 5) is 2.14. The molecule has 1 aromatic rings. The lowest BCUT2D eigenvalue weighted by Gasteiger charge is -2.20. The van der Waals surface area contributed by atoms with Crippen molar-refractivity contribution >= 4 is 6.08 Å². The Hall–Kier alpha value is -1.64. The van der Waals surface area contributed by atoms with Crippen molar-refractivity contribution in [3.8, 4) is 0 Å². The van der Waals surface area contributed by atoms with Crippen LogP contribution in [0.25, 0.3) is 6.08 Å². The van der Waals surface area contributed by atoms with E-state index in [1.165, 1.54) is 11.1 Å².